The van der Waals surface area contributed by atoms with Gasteiger partial charge in [-0.15, -0.1) is 10.0 Å². The van der Waals surface area contributed by atoms with Gasteiger partial charge in [0, 0.05) is 46.8 Å². The third-order valence-electron chi connectivity index (χ3n) is 8.90. The summed E-state index contributed by atoms with van der Waals surface area (Å²) in [6.07, 6.45) is 0. The maximum atomic E-state index is 6.65. The van der Waals surface area contributed by atoms with Gasteiger partial charge in [-0.2, -0.15) is 0 Å². The fourth-order valence-corrected chi connectivity index (χ4v) is 10.9. The zero-order valence-corrected chi connectivity index (χ0v) is 25.3. The minimum Gasteiger partial charge on any atom is -0.454 e. The maximum Gasteiger partial charge on any atom is 0.160 e. The number of furan rings is 1. The normalized spacial score (nSPS) is 12.4. The van der Waals surface area contributed by atoms with Crippen LogP contribution < -0.4 is 0 Å². The van der Waals surface area contributed by atoms with E-state index in [1.807, 2.05) is 6.07 Å². The Labute approximate surface area is 263 Å². The standard InChI is InChI=1S/C42H29NOS/c1-5-15-30(16-6-1)43-39-28-25-34(29-38(39)36-26-27-37-35-23-13-14-24-40(35)44-42(37)41(36)43)45(31-17-7-2-8-18-31,32-19-9-3-10-20-32)33-21-11-4-12-22-33/h1-29H. The third-order valence-corrected chi connectivity index (χ3v) is 12.8. The van der Waals surface area contributed by atoms with E-state index in [1.165, 1.54) is 30.4 Å². The molecule has 0 saturated carbocycles. The molecule has 0 aliphatic carbocycles. The molecule has 2 aromatic heterocycles. The molecule has 7 aromatic carbocycles. The molecule has 0 N–H and O–H groups in total. The average Bonchev–Trinajstić information content (AvgIpc) is 3.66. The largest absolute Gasteiger partial charge is 0.454 e. The van der Waals surface area contributed by atoms with Gasteiger partial charge in [0.25, 0.3) is 0 Å². The lowest BCUT2D eigenvalue weighted by atomic mass is 10.1. The SMILES string of the molecule is c1ccc(-n2c3ccc(S(c4ccccc4)(c4ccccc4)c4ccccc4)cc3c3ccc4c5ccccc5oc4c32)cc1. The number of para-hydroxylation sites is 2. The van der Waals surface area contributed by atoms with E-state index >= 15 is 0 Å². The topological polar surface area (TPSA) is 18.1 Å². The van der Waals surface area contributed by atoms with Gasteiger partial charge in [0.2, 0.25) is 0 Å². The van der Waals surface area contributed by atoms with E-state index in [0.717, 1.165) is 38.7 Å². The molecule has 0 amide bonds. The summed E-state index contributed by atoms with van der Waals surface area (Å²) in [5.41, 5.74) is 5.21. The quantitative estimate of drug-likeness (QED) is 0.194. The second-order valence-electron chi connectivity index (χ2n) is 11.3. The molecule has 0 atom stereocenters. The number of fused-ring (bicyclic) bond motifs is 7. The highest BCUT2D eigenvalue weighted by Gasteiger charge is 2.34. The Bertz CT molecular complexity index is 2370. The molecule has 0 aliphatic heterocycles. The molecule has 0 unspecified atom stereocenters. The molecule has 0 radical (unpaired) electrons. The number of benzene rings is 7. The lowest BCUT2D eigenvalue weighted by Crippen LogP contribution is -2.05. The predicted molar refractivity (Wildman–Crippen MR) is 188 cm³/mol. The number of hydrogen-bond acceptors (Lipinski definition) is 1. The summed E-state index contributed by atoms with van der Waals surface area (Å²) >= 11 is 0. The van der Waals surface area contributed by atoms with Crippen molar-refractivity contribution in [3.63, 3.8) is 0 Å². The van der Waals surface area contributed by atoms with Gasteiger partial charge in [0.1, 0.15) is 5.58 Å². The molecule has 214 valence electrons. The molecule has 0 spiro atoms. The van der Waals surface area contributed by atoms with Crippen molar-refractivity contribution in [2.24, 2.45) is 0 Å². The molecular formula is C42H29NOS. The van der Waals surface area contributed by atoms with Crippen LogP contribution in [-0.4, -0.2) is 4.57 Å². The molecule has 0 saturated heterocycles. The Morgan fingerprint density at radius 1 is 0.400 bits per heavy atom. The van der Waals surface area contributed by atoms with E-state index in [4.69, 9.17) is 4.42 Å². The van der Waals surface area contributed by atoms with Gasteiger partial charge in [0.05, 0.1) is 11.0 Å². The molecule has 45 heavy (non-hydrogen) atoms. The van der Waals surface area contributed by atoms with Crippen molar-refractivity contribution in [1.29, 1.82) is 0 Å². The average molecular weight is 596 g/mol. The van der Waals surface area contributed by atoms with Gasteiger partial charge < -0.3 is 8.98 Å². The van der Waals surface area contributed by atoms with Crippen LogP contribution >= 0.6 is 10.0 Å². The summed E-state index contributed by atoms with van der Waals surface area (Å²) in [6.45, 7) is 0. The fraction of sp³-hybridized carbons (Fsp3) is 0. The van der Waals surface area contributed by atoms with Crippen molar-refractivity contribution >= 4 is 53.8 Å². The number of nitrogens with zero attached hydrogens (tertiary/aromatic N) is 1. The Morgan fingerprint density at radius 2 is 0.933 bits per heavy atom. The van der Waals surface area contributed by atoms with Gasteiger partial charge in [-0.25, -0.2) is 0 Å². The summed E-state index contributed by atoms with van der Waals surface area (Å²) in [5, 5.41) is 4.68. The van der Waals surface area contributed by atoms with E-state index in [9.17, 15) is 0 Å². The molecule has 0 fully saturated rings. The summed E-state index contributed by atoms with van der Waals surface area (Å²) in [7, 11) is -1.82. The molecule has 2 nitrogen and oxygen atoms in total. The smallest absolute Gasteiger partial charge is 0.160 e. The highest BCUT2D eigenvalue weighted by atomic mass is 32.3. The van der Waals surface area contributed by atoms with Crippen molar-refractivity contribution in [2.45, 2.75) is 19.6 Å². The molecule has 3 heteroatoms. The Kier molecular flexibility index (Phi) is 5.93. The van der Waals surface area contributed by atoms with Crippen LogP contribution in [0.25, 0.3) is 49.4 Å². The van der Waals surface area contributed by atoms with Crippen LogP contribution in [0.2, 0.25) is 0 Å². The predicted octanol–water partition coefficient (Wildman–Crippen LogP) is 12.0. The molecular weight excluding hydrogens is 567 g/mol. The first-order valence-corrected chi connectivity index (χ1v) is 16.9. The molecule has 9 aromatic rings. The molecule has 9 rings (SSSR count). The molecule has 0 bridgehead atoms. The maximum absolute atomic E-state index is 6.65. The Morgan fingerprint density at radius 3 is 1.56 bits per heavy atom. The molecule has 2 heterocycles. The van der Waals surface area contributed by atoms with Crippen molar-refractivity contribution < 1.29 is 4.42 Å². The van der Waals surface area contributed by atoms with Gasteiger partial charge >= 0.3 is 0 Å². The van der Waals surface area contributed by atoms with Crippen LogP contribution in [0.5, 0.6) is 0 Å². The number of hydrogen-bond donors (Lipinski definition) is 0. The molecule has 0 aliphatic rings. The summed E-state index contributed by atoms with van der Waals surface area (Å²) in [6, 6.07) is 63.8. The van der Waals surface area contributed by atoms with E-state index in [0.29, 0.717) is 0 Å². The fourth-order valence-electron chi connectivity index (χ4n) is 6.99. The lowest BCUT2D eigenvalue weighted by molar-refractivity contribution is 0.671. The summed E-state index contributed by atoms with van der Waals surface area (Å²) in [5.74, 6) is 0. The first-order valence-electron chi connectivity index (χ1n) is 15.3. The van der Waals surface area contributed by atoms with Crippen LogP contribution in [0, 0.1) is 0 Å². The second kappa shape index (κ2) is 10.3. The van der Waals surface area contributed by atoms with Crippen molar-refractivity contribution in [3.05, 3.63) is 176 Å². The van der Waals surface area contributed by atoms with E-state index in [1.54, 1.807) is 0 Å². The number of rotatable bonds is 5. The van der Waals surface area contributed by atoms with Crippen LogP contribution in [0.15, 0.2) is 200 Å². The number of aromatic nitrogens is 1. The first kappa shape index (κ1) is 25.9. The van der Waals surface area contributed by atoms with E-state index < -0.39 is 10.0 Å². The van der Waals surface area contributed by atoms with Gasteiger partial charge in [-0.3, -0.25) is 0 Å². The van der Waals surface area contributed by atoms with E-state index in [-0.39, 0.29) is 0 Å². The Balaban J connectivity index is 1.44. The van der Waals surface area contributed by atoms with Gasteiger partial charge in [0.15, 0.2) is 5.58 Å². The van der Waals surface area contributed by atoms with Gasteiger partial charge in [-0.1, -0.05) is 97.1 Å². The van der Waals surface area contributed by atoms with Crippen LogP contribution in [0.4, 0.5) is 0 Å². The second-order valence-corrected chi connectivity index (χ2v) is 14.4. The zero-order chi connectivity index (χ0) is 29.8. The monoisotopic (exact) mass is 595 g/mol. The van der Waals surface area contributed by atoms with Crippen LogP contribution in [0.3, 0.4) is 0 Å². The minimum atomic E-state index is -1.82. The third kappa shape index (κ3) is 3.84. The Hall–Kier alpha value is -5.51. The summed E-state index contributed by atoms with van der Waals surface area (Å²) < 4.78 is 9.03. The van der Waals surface area contributed by atoms with Crippen molar-refractivity contribution in [1.82, 2.24) is 4.57 Å². The van der Waals surface area contributed by atoms with Gasteiger partial charge in [-0.05, 0) is 78.9 Å². The highest BCUT2D eigenvalue weighted by Crippen LogP contribution is 2.73. The minimum absolute atomic E-state index is 0.909. The van der Waals surface area contributed by atoms with Crippen molar-refractivity contribution in [3.8, 4) is 5.69 Å². The highest BCUT2D eigenvalue weighted by molar-refractivity contribution is 8.34. The first-order chi connectivity index (χ1) is 22.3. The van der Waals surface area contributed by atoms with Crippen LogP contribution in [-0.2, 0) is 0 Å². The summed E-state index contributed by atoms with van der Waals surface area (Å²) in [4.78, 5) is 5.24. The van der Waals surface area contributed by atoms with Crippen molar-refractivity contribution in [2.75, 3.05) is 0 Å². The van der Waals surface area contributed by atoms with E-state index in [2.05, 4.69) is 174 Å². The zero-order valence-electron chi connectivity index (χ0n) is 24.5. The van der Waals surface area contributed by atoms with Crippen LogP contribution in [0.1, 0.15) is 0 Å². The lowest BCUT2D eigenvalue weighted by Gasteiger charge is -2.42.